The van der Waals surface area contributed by atoms with Crippen molar-refractivity contribution in [2.45, 2.75) is 18.9 Å². The molecule has 3 amide bonds. The van der Waals surface area contributed by atoms with Crippen LogP contribution in [0.1, 0.15) is 34.3 Å². The van der Waals surface area contributed by atoms with E-state index in [0.29, 0.717) is 11.3 Å². The Hall–Kier alpha value is -3.93. The zero-order valence-electron chi connectivity index (χ0n) is 16.5. The molecule has 0 aromatic heterocycles. The molecule has 0 unspecified atom stereocenters. The average Bonchev–Trinajstić information content (AvgIpc) is 2.74. The molecule has 0 aliphatic heterocycles. The van der Waals surface area contributed by atoms with Crippen molar-refractivity contribution < 1.29 is 14.4 Å². The van der Waals surface area contributed by atoms with E-state index in [1.54, 1.807) is 24.3 Å². The van der Waals surface area contributed by atoms with Gasteiger partial charge in [0.15, 0.2) is 0 Å². The van der Waals surface area contributed by atoms with E-state index in [1.165, 1.54) is 6.92 Å². The molecule has 0 aliphatic carbocycles. The second kappa shape index (κ2) is 9.52. The second-order valence-corrected chi connectivity index (χ2v) is 6.91. The number of amides is 3. The quantitative estimate of drug-likeness (QED) is 0.567. The Kier molecular flexibility index (Phi) is 6.60. The molecule has 152 valence electrons. The number of hydrogen-bond acceptors (Lipinski definition) is 3. The number of carbonyl (C=O) groups is 3. The van der Waals surface area contributed by atoms with Gasteiger partial charge in [0.1, 0.15) is 6.04 Å². The molecule has 0 heterocycles. The highest BCUT2D eigenvalue weighted by molar-refractivity contribution is 5.99. The first kappa shape index (κ1) is 20.8. The van der Waals surface area contributed by atoms with Crippen molar-refractivity contribution >= 4 is 23.4 Å². The fourth-order valence-corrected chi connectivity index (χ4v) is 3.38. The predicted octanol–water partition coefficient (Wildman–Crippen LogP) is 3.06. The molecule has 6 nitrogen and oxygen atoms in total. The predicted molar refractivity (Wildman–Crippen MR) is 116 cm³/mol. The Morgan fingerprint density at radius 3 is 1.87 bits per heavy atom. The molecular weight excluding hydrogens is 378 g/mol. The van der Waals surface area contributed by atoms with Crippen LogP contribution in [-0.2, 0) is 9.59 Å². The highest BCUT2D eigenvalue weighted by Crippen LogP contribution is 2.28. The summed E-state index contributed by atoms with van der Waals surface area (Å²) in [7, 11) is 0. The van der Waals surface area contributed by atoms with E-state index in [1.807, 2.05) is 60.7 Å². The van der Waals surface area contributed by atoms with Gasteiger partial charge < -0.3 is 16.4 Å². The molecule has 6 heteroatoms. The first-order chi connectivity index (χ1) is 14.5. The van der Waals surface area contributed by atoms with Gasteiger partial charge >= 0.3 is 0 Å². The lowest BCUT2D eigenvalue weighted by atomic mass is 9.84. The number of primary amides is 1. The monoisotopic (exact) mass is 401 g/mol. The minimum atomic E-state index is -0.966. The summed E-state index contributed by atoms with van der Waals surface area (Å²) in [6.07, 6.45) is 0. The minimum absolute atomic E-state index is 0.240. The number of nitrogens with one attached hydrogen (secondary N) is 2. The number of nitrogens with two attached hydrogens (primary N) is 1. The maximum Gasteiger partial charge on any atom is 0.252 e. The molecule has 0 fully saturated rings. The van der Waals surface area contributed by atoms with Gasteiger partial charge in [-0.2, -0.15) is 0 Å². The Morgan fingerprint density at radius 1 is 0.800 bits per heavy atom. The van der Waals surface area contributed by atoms with Crippen LogP contribution in [0.4, 0.5) is 5.69 Å². The summed E-state index contributed by atoms with van der Waals surface area (Å²) < 4.78 is 0. The van der Waals surface area contributed by atoms with Crippen LogP contribution in [0.5, 0.6) is 0 Å². The molecule has 0 aliphatic rings. The van der Waals surface area contributed by atoms with Crippen LogP contribution >= 0.6 is 0 Å². The zero-order chi connectivity index (χ0) is 21.5. The van der Waals surface area contributed by atoms with Crippen molar-refractivity contribution in [2.24, 2.45) is 5.73 Å². The standard InChI is InChI=1S/C24H23N3O3/c1-16(28)26-20-14-8-13-19(15-20)24(30)27-22(23(25)29)21(17-9-4-2-5-10-17)18-11-6-3-7-12-18/h2-15,21-22H,1H3,(H2,25,29)(H,26,28)(H,27,30)/t22-/m1/s1. The van der Waals surface area contributed by atoms with E-state index in [0.717, 1.165) is 11.1 Å². The molecule has 0 bridgehead atoms. The highest BCUT2D eigenvalue weighted by atomic mass is 16.2. The van der Waals surface area contributed by atoms with Gasteiger partial charge in [0, 0.05) is 24.1 Å². The number of rotatable bonds is 7. The number of anilines is 1. The van der Waals surface area contributed by atoms with Crippen LogP contribution in [-0.4, -0.2) is 23.8 Å². The summed E-state index contributed by atoms with van der Waals surface area (Å²) in [5, 5.41) is 5.42. The summed E-state index contributed by atoms with van der Waals surface area (Å²) in [5.41, 5.74) is 8.25. The van der Waals surface area contributed by atoms with E-state index >= 15 is 0 Å². The van der Waals surface area contributed by atoms with E-state index in [4.69, 9.17) is 5.73 Å². The van der Waals surface area contributed by atoms with Crippen molar-refractivity contribution in [3.63, 3.8) is 0 Å². The highest BCUT2D eigenvalue weighted by Gasteiger charge is 2.31. The first-order valence-corrected chi connectivity index (χ1v) is 9.53. The Morgan fingerprint density at radius 2 is 1.37 bits per heavy atom. The van der Waals surface area contributed by atoms with Crippen LogP contribution < -0.4 is 16.4 Å². The van der Waals surface area contributed by atoms with Crippen molar-refractivity contribution in [1.82, 2.24) is 5.32 Å². The molecule has 3 rings (SSSR count). The molecule has 4 N–H and O–H groups in total. The molecule has 0 saturated carbocycles. The van der Waals surface area contributed by atoms with Gasteiger partial charge in [0.05, 0.1) is 0 Å². The summed E-state index contributed by atoms with van der Waals surface area (Å²) in [4.78, 5) is 36.6. The second-order valence-electron chi connectivity index (χ2n) is 6.91. The molecular formula is C24H23N3O3. The number of carbonyl (C=O) groups excluding carboxylic acids is 3. The van der Waals surface area contributed by atoms with Crippen LogP contribution in [0.3, 0.4) is 0 Å². The largest absolute Gasteiger partial charge is 0.368 e. The van der Waals surface area contributed by atoms with Crippen LogP contribution in [0.15, 0.2) is 84.9 Å². The maximum absolute atomic E-state index is 12.9. The van der Waals surface area contributed by atoms with E-state index in [9.17, 15) is 14.4 Å². The van der Waals surface area contributed by atoms with Gasteiger partial charge in [-0.05, 0) is 29.3 Å². The number of hydrogen-bond donors (Lipinski definition) is 3. The first-order valence-electron chi connectivity index (χ1n) is 9.53. The van der Waals surface area contributed by atoms with Crippen molar-refractivity contribution in [3.05, 3.63) is 102 Å². The van der Waals surface area contributed by atoms with Gasteiger partial charge in [-0.15, -0.1) is 0 Å². The van der Waals surface area contributed by atoms with Crippen molar-refractivity contribution in [1.29, 1.82) is 0 Å². The lowest BCUT2D eigenvalue weighted by Crippen LogP contribution is -2.48. The SMILES string of the molecule is CC(=O)Nc1cccc(C(=O)N[C@@H](C(N)=O)C(c2ccccc2)c2ccccc2)c1. The topological polar surface area (TPSA) is 101 Å². The van der Waals surface area contributed by atoms with Crippen molar-refractivity contribution in [2.75, 3.05) is 5.32 Å². The van der Waals surface area contributed by atoms with Crippen LogP contribution in [0.25, 0.3) is 0 Å². The van der Waals surface area contributed by atoms with Gasteiger partial charge in [-0.25, -0.2) is 0 Å². The Labute approximate surface area is 175 Å². The third-order valence-electron chi connectivity index (χ3n) is 4.69. The summed E-state index contributed by atoms with van der Waals surface area (Å²) >= 11 is 0. The normalized spacial score (nSPS) is 11.5. The lowest BCUT2D eigenvalue weighted by Gasteiger charge is -2.27. The Bertz CT molecular complexity index is 996. The minimum Gasteiger partial charge on any atom is -0.368 e. The van der Waals surface area contributed by atoms with Crippen LogP contribution in [0.2, 0.25) is 0 Å². The fourth-order valence-electron chi connectivity index (χ4n) is 3.38. The molecule has 0 spiro atoms. The molecule has 0 radical (unpaired) electrons. The molecule has 3 aromatic rings. The summed E-state index contributed by atoms with van der Waals surface area (Å²) in [5.74, 6) is -1.79. The van der Waals surface area contributed by atoms with E-state index in [2.05, 4.69) is 10.6 Å². The fraction of sp³-hybridized carbons (Fsp3) is 0.125. The van der Waals surface area contributed by atoms with E-state index < -0.39 is 23.8 Å². The van der Waals surface area contributed by atoms with Crippen LogP contribution in [0, 0.1) is 0 Å². The summed E-state index contributed by atoms with van der Waals surface area (Å²) in [6.45, 7) is 1.39. The smallest absolute Gasteiger partial charge is 0.252 e. The summed E-state index contributed by atoms with van der Waals surface area (Å²) in [6, 6.07) is 24.4. The molecule has 1 atom stereocenters. The maximum atomic E-state index is 12.9. The third-order valence-corrected chi connectivity index (χ3v) is 4.69. The van der Waals surface area contributed by atoms with Gasteiger partial charge in [0.25, 0.3) is 5.91 Å². The third kappa shape index (κ3) is 5.11. The molecule has 3 aromatic carbocycles. The zero-order valence-corrected chi connectivity index (χ0v) is 16.5. The van der Waals surface area contributed by atoms with Crippen molar-refractivity contribution in [3.8, 4) is 0 Å². The Balaban J connectivity index is 1.94. The number of benzene rings is 3. The van der Waals surface area contributed by atoms with Gasteiger partial charge in [0.2, 0.25) is 11.8 Å². The lowest BCUT2D eigenvalue weighted by molar-refractivity contribution is -0.120. The van der Waals surface area contributed by atoms with Gasteiger partial charge in [-0.1, -0.05) is 66.7 Å². The van der Waals surface area contributed by atoms with E-state index in [-0.39, 0.29) is 5.91 Å². The average molecular weight is 401 g/mol. The molecule has 0 saturated heterocycles. The van der Waals surface area contributed by atoms with Gasteiger partial charge in [-0.3, -0.25) is 14.4 Å². The molecule has 30 heavy (non-hydrogen) atoms.